The number of nitrogens with one attached hydrogen (secondary N) is 2. The standard InChI is InChI=1S/C12H15ClN4S/c1-3-14-7-9-5-4-6-10(13)11(9)18-12-15-8(2)16-17-12/h4-6,14H,3,7H2,1-2H3,(H,15,16,17). The van der Waals surface area contributed by atoms with Gasteiger partial charge in [-0.1, -0.05) is 30.7 Å². The number of hydrogen-bond donors (Lipinski definition) is 2. The SMILES string of the molecule is CCNCc1cccc(Cl)c1Sc1n[nH]c(C)n1. The molecule has 0 atom stereocenters. The van der Waals surface area contributed by atoms with E-state index in [4.69, 9.17) is 11.6 Å². The lowest BCUT2D eigenvalue weighted by Crippen LogP contribution is -2.12. The molecule has 0 amide bonds. The molecule has 0 unspecified atom stereocenters. The minimum Gasteiger partial charge on any atom is -0.313 e. The number of H-pyrrole nitrogens is 1. The molecule has 1 aromatic heterocycles. The van der Waals surface area contributed by atoms with Gasteiger partial charge in [0.15, 0.2) is 0 Å². The molecule has 0 bridgehead atoms. The first-order valence-corrected chi connectivity index (χ1v) is 6.95. The van der Waals surface area contributed by atoms with Gasteiger partial charge in [0.2, 0.25) is 5.16 Å². The summed E-state index contributed by atoms with van der Waals surface area (Å²) in [6, 6.07) is 5.91. The number of aromatic nitrogens is 3. The molecular formula is C12H15ClN4S. The first-order valence-electron chi connectivity index (χ1n) is 5.75. The Morgan fingerprint density at radius 3 is 2.94 bits per heavy atom. The van der Waals surface area contributed by atoms with Crippen molar-refractivity contribution in [2.24, 2.45) is 0 Å². The van der Waals surface area contributed by atoms with E-state index in [0.29, 0.717) is 5.16 Å². The fraction of sp³-hybridized carbons (Fsp3) is 0.333. The molecule has 0 aliphatic heterocycles. The first-order chi connectivity index (χ1) is 8.70. The summed E-state index contributed by atoms with van der Waals surface area (Å²) in [5.41, 5.74) is 1.16. The quantitative estimate of drug-likeness (QED) is 0.885. The molecule has 6 heteroatoms. The molecule has 18 heavy (non-hydrogen) atoms. The van der Waals surface area contributed by atoms with Crippen molar-refractivity contribution in [2.75, 3.05) is 6.54 Å². The molecule has 2 aromatic rings. The number of aromatic amines is 1. The molecule has 96 valence electrons. The highest BCUT2D eigenvalue weighted by Crippen LogP contribution is 2.34. The van der Waals surface area contributed by atoms with Gasteiger partial charge < -0.3 is 5.32 Å². The Hall–Kier alpha value is -1.04. The van der Waals surface area contributed by atoms with Crippen LogP contribution in [0.15, 0.2) is 28.3 Å². The molecule has 1 aromatic carbocycles. The van der Waals surface area contributed by atoms with Gasteiger partial charge in [-0.15, -0.1) is 5.10 Å². The van der Waals surface area contributed by atoms with Gasteiger partial charge in [0.25, 0.3) is 0 Å². The molecule has 0 spiro atoms. The maximum absolute atomic E-state index is 6.25. The van der Waals surface area contributed by atoms with Crippen molar-refractivity contribution in [3.63, 3.8) is 0 Å². The fourth-order valence-electron chi connectivity index (χ4n) is 1.53. The van der Waals surface area contributed by atoms with Gasteiger partial charge in [-0.05, 0) is 36.9 Å². The lowest BCUT2D eigenvalue weighted by molar-refractivity contribution is 0.718. The smallest absolute Gasteiger partial charge is 0.213 e. The van der Waals surface area contributed by atoms with Crippen LogP contribution in [0.1, 0.15) is 18.3 Å². The Labute approximate surface area is 116 Å². The Morgan fingerprint density at radius 2 is 2.28 bits per heavy atom. The van der Waals surface area contributed by atoms with Crippen LogP contribution in [0, 0.1) is 6.92 Å². The molecule has 1 heterocycles. The van der Waals surface area contributed by atoms with Crippen LogP contribution in [-0.2, 0) is 6.54 Å². The van der Waals surface area contributed by atoms with Gasteiger partial charge in [0.05, 0.1) is 5.02 Å². The molecule has 0 saturated carbocycles. The van der Waals surface area contributed by atoms with E-state index in [2.05, 4.69) is 33.5 Å². The van der Waals surface area contributed by atoms with Crippen molar-refractivity contribution >= 4 is 23.4 Å². The number of aryl methyl sites for hydroxylation is 1. The first kappa shape index (κ1) is 13.4. The maximum atomic E-state index is 6.25. The van der Waals surface area contributed by atoms with Gasteiger partial charge >= 0.3 is 0 Å². The van der Waals surface area contributed by atoms with Gasteiger partial charge in [0, 0.05) is 11.4 Å². The topological polar surface area (TPSA) is 53.6 Å². The Morgan fingerprint density at radius 1 is 1.44 bits per heavy atom. The third-order valence-corrected chi connectivity index (χ3v) is 3.86. The number of nitrogens with zero attached hydrogens (tertiary/aromatic N) is 2. The summed E-state index contributed by atoms with van der Waals surface area (Å²) in [5.74, 6) is 0.804. The lowest BCUT2D eigenvalue weighted by Gasteiger charge is -2.09. The second-order valence-corrected chi connectivity index (χ2v) is 5.20. The third kappa shape index (κ3) is 3.25. The van der Waals surface area contributed by atoms with Crippen LogP contribution in [0.5, 0.6) is 0 Å². The van der Waals surface area contributed by atoms with Crippen molar-refractivity contribution in [3.8, 4) is 0 Å². The van der Waals surface area contributed by atoms with Crippen LogP contribution in [0.25, 0.3) is 0 Å². The van der Waals surface area contributed by atoms with Gasteiger partial charge in [-0.3, -0.25) is 5.10 Å². The van der Waals surface area contributed by atoms with Gasteiger partial charge in [-0.25, -0.2) is 4.98 Å². The summed E-state index contributed by atoms with van der Waals surface area (Å²) >= 11 is 7.74. The van der Waals surface area contributed by atoms with Crippen LogP contribution < -0.4 is 5.32 Å². The van der Waals surface area contributed by atoms with E-state index < -0.39 is 0 Å². The van der Waals surface area contributed by atoms with Gasteiger partial charge in [0.1, 0.15) is 5.82 Å². The molecule has 4 nitrogen and oxygen atoms in total. The zero-order valence-electron chi connectivity index (χ0n) is 10.3. The number of hydrogen-bond acceptors (Lipinski definition) is 4. The zero-order chi connectivity index (χ0) is 13.0. The van der Waals surface area contributed by atoms with Gasteiger partial charge in [-0.2, -0.15) is 0 Å². The number of benzene rings is 1. The van der Waals surface area contributed by atoms with Crippen molar-refractivity contribution in [1.82, 2.24) is 20.5 Å². The molecule has 0 saturated heterocycles. The van der Waals surface area contributed by atoms with Crippen molar-refractivity contribution in [3.05, 3.63) is 34.6 Å². The summed E-state index contributed by atoms with van der Waals surface area (Å²) in [6.45, 7) is 5.68. The Balaban J connectivity index is 2.24. The van der Waals surface area contributed by atoms with E-state index >= 15 is 0 Å². The van der Waals surface area contributed by atoms with Crippen molar-refractivity contribution < 1.29 is 0 Å². The molecule has 0 aliphatic carbocycles. The van der Waals surface area contributed by atoms with Crippen LogP contribution >= 0.6 is 23.4 Å². The summed E-state index contributed by atoms with van der Waals surface area (Å²) in [5, 5.41) is 11.7. The summed E-state index contributed by atoms with van der Waals surface area (Å²) in [4.78, 5) is 5.30. The molecule has 0 aliphatic rings. The molecule has 0 radical (unpaired) electrons. The van der Waals surface area contributed by atoms with Crippen molar-refractivity contribution in [2.45, 2.75) is 30.4 Å². The normalized spacial score (nSPS) is 10.8. The molecule has 2 N–H and O–H groups in total. The summed E-state index contributed by atoms with van der Waals surface area (Å²) in [6.07, 6.45) is 0. The Bertz CT molecular complexity index is 527. The summed E-state index contributed by atoms with van der Waals surface area (Å²) < 4.78 is 0. The highest BCUT2D eigenvalue weighted by molar-refractivity contribution is 7.99. The van der Waals surface area contributed by atoms with E-state index in [1.54, 1.807) is 0 Å². The molecule has 0 fully saturated rings. The lowest BCUT2D eigenvalue weighted by atomic mass is 10.2. The van der Waals surface area contributed by atoms with Crippen LogP contribution in [-0.4, -0.2) is 21.7 Å². The minimum atomic E-state index is 0.693. The van der Waals surface area contributed by atoms with Crippen LogP contribution in [0.3, 0.4) is 0 Å². The average Bonchev–Trinajstić information content (AvgIpc) is 2.76. The van der Waals surface area contributed by atoms with E-state index in [1.807, 2.05) is 19.1 Å². The largest absolute Gasteiger partial charge is 0.313 e. The Kier molecular flexibility index (Phi) is 4.63. The maximum Gasteiger partial charge on any atom is 0.213 e. The van der Waals surface area contributed by atoms with Crippen molar-refractivity contribution in [1.29, 1.82) is 0 Å². The monoisotopic (exact) mass is 282 g/mol. The van der Waals surface area contributed by atoms with Crippen LogP contribution in [0.4, 0.5) is 0 Å². The van der Waals surface area contributed by atoms with Crippen LogP contribution in [0.2, 0.25) is 5.02 Å². The molecule has 2 rings (SSSR count). The second kappa shape index (κ2) is 6.22. The highest BCUT2D eigenvalue weighted by Gasteiger charge is 2.11. The number of halogens is 1. The van der Waals surface area contributed by atoms with E-state index in [-0.39, 0.29) is 0 Å². The minimum absolute atomic E-state index is 0.693. The predicted molar refractivity (Wildman–Crippen MR) is 74.1 cm³/mol. The van der Waals surface area contributed by atoms with E-state index in [0.717, 1.165) is 34.4 Å². The predicted octanol–water partition coefficient (Wildman–Crippen LogP) is 3.03. The summed E-state index contributed by atoms with van der Waals surface area (Å²) in [7, 11) is 0. The second-order valence-electron chi connectivity index (χ2n) is 3.81. The average molecular weight is 283 g/mol. The molecular weight excluding hydrogens is 268 g/mol. The fourth-order valence-corrected chi connectivity index (χ4v) is 2.73. The van der Waals surface area contributed by atoms with E-state index in [9.17, 15) is 0 Å². The van der Waals surface area contributed by atoms with E-state index in [1.165, 1.54) is 11.8 Å². The third-order valence-electron chi connectivity index (χ3n) is 2.38. The zero-order valence-corrected chi connectivity index (χ0v) is 11.9. The number of rotatable bonds is 5. The highest BCUT2D eigenvalue weighted by atomic mass is 35.5.